The van der Waals surface area contributed by atoms with Crippen molar-refractivity contribution in [2.45, 2.75) is 19.3 Å². The van der Waals surface area contributed by atoms with Gasteiger partial charge in [-0.1, -0.05) is 24.3 Å². The van der Waals surface area contributed by atoms with E-state index in [4.69, 9.17) is 9.47 Å². The number of ketones is 1. The SMILES string of the molecule is COc1ccc(-c2[nH]nc3c2C(C(=O)c2ccccc2C)CC(=O)N3)cc1OC. The topological polar surface area (TPSA) is 93.3 Å². The molecule has 0 saturated carbocycles. The molecule has 0 spiro atoms. The number of nitrogens with one attached hydrogen (secondary N) is 2. The smallest absolute Gasteiger partial charge is 0.226 e. The molecule has 1 atom stereocenters. The first-order chi connectivity index (χ1) is 14.0. The number of ether oxygens (including phenoxy) is 2. The fraction of sp³-hybridized carbons (Fsp3) is 0.227. The lowest BCUT2D eigenvalue weighted by molar-refractivity contribution is -0.116. The minimum atomic E-state index is -0.623. The largest absolute Gasteiger partial charge is 0.493 e. The molecule has 2 N–H and O–H groups in total. The Morgan fingerprint density at radius 3 is 2.59 bits per heavy atom. The highest BCUT2D eigenvalue weighted by atomic mass is 16.5. The van der Waals surface area contributed by atoms with Gasteiger partial charge in [-0.2, -0.15) is 5.10 Å². The van der Waals surface area contributed by atoms with Gasteiger partial charge in [-0.05, 0) is 30.7 Å². The zero-order valence-corrected chi connectivity index (χ0v) is 16.4. The van der Waals surface area contributed by atoms with E-state index in [-0.39, 0.29) is 18.1 Å². The number of methoxy groups -OCH3 is 2. The molecular formula is C22H21N3O4. The third-order valence-corrected chi connectivity index (χ3v) is 5.20. The predicted octanol–water partition coefficient (Wildman–Crippen LogP) is 3.71. The third kappa shape index (κ3) is 3.24. The van der Waals surface area contributed by atoms with Gasteiger partial charge < -0.3 is 14.8 Å². The molecule has 0 radical (unpaired) electrons. The average Bonchev–Trinajstić information content (AvgIpc) is 3.16. The Hall–Kier alpha value is -3.61. The summed E-state index contributed by atoms with van der Waals surface area (Å²) in [6.45, 7) is 1.89. The molecule has 2 heterocycles. The molecule has 1 unspecified atom stereocenters. The number of aryl methyl sites for hydroxylation is 1. The summed E-state index contributed by atoms with van der Waals surface area (Å²) in [7, 11) is 3.14. The lowest BCUT2D eigenvalue weighted by Gasteiger charge is -2.23. The summed E-state index contributed by atoms with van der Waals surface area (Å²) in [5.74, 6) is 0.609. The third-order valence-electron chi connectivity index (χ3n) is 5.20. The minimum Gasteiger partial charge on any atom is -0.493 e. The second-order valence-corrected chi connectivity index (χ2v) is 6.91. The highest BCUT2D eigenvalue weighted by Gasteiger charge is 2.36. The standard InChI is InChI=1S/C22H21N3O4/c1-12-6-4-5-7-14(12)21(27)15-11-18(26)23-22-19(15)20(24-25-22)13-8-9-16(28-2)17(10-13)29-3/h4-10,15H,11H2,1-3H3,(H2,23,24,25,26). The molecule has 7 nitrogen and oxygen atoms in total. The van der Waals surface area contributed by atoms with Crippen molar-refractivity contribution in [1.29, 1.82) is 0 Å². The molecule has 1 aliphatic heterocycles. The van der Waals surface area contributed by atoms with Crippen LogP contribution in [0.4, 0.5) is 5.82 Å². The second-order valence-electron chi connectivity index (χ2n) is 6.91. The van der Waals surface area contributed by atoms with E-state index in [1.807, 2.05) is 37.3 Å². The average molecular weight is 391 g/mol. The summed E-state index contributed by atoms with van der Waals surface area (Å²) in [5.41, 5.74) is 3.63. The number of amides is 1. The van der Waals surface area contributed by atoms with Gasteiger partial charge in [0.15, 0.2) is 23.1 Å². The van der Waals surface area contributed by atoms with Crippen LogP contribution in [0.25, 0.3) is 11.3 Å². The van der Waals surface area contributed by atoms with Crippen molar-refractivity contribution in [2.75, 3.05) is 19.5 Å². The lowest BCUT2D eigenvalue weighted by atomic mass is 9.83. The van der Waals surface area contributed by atoms with Crippen LogP contribution < -0.4 is 14.8 Å². The van der Waals surface area contributed by atoms with Gasteiger partial charge >= 0.3 is 0 Å². The van der Waals surface area contributed by atoms with Crippen molar-refractivity contribution in [3.63, 3.8) is 0 Å². The van der Waals surface area contributed by atoms with Crippen LogP contribution in [-0.2, 0) is 4.79 Å². The highest BCUT2D eigenvalue weighted by molar-refractivity contribution is 6.09. The molecule has 4 rings (SSSR count). The van der Waals surface area contributed by atoms with Crippen LogP contribution in [0, 0.1) is 6.92 Å². The number of aromatic nitrogens is 2. The van der Waals surface area contributed by atoms with Crippen LogP contribution in [0.5, 0.6) is 11.5 Å². The molecular weight excluding hydrogens is 370 g/mol. The summed E-state index contributed by atoms with van der Waals surface area (Å²) < 4.78 is 10.7. The Labute approximate surface area is 168 Å². The monoisotopic (exact) mass is 391 g/mol. The van der Waals surface area contributed by atoms with Gasteiger partial charge in [-0.3, -0.25) is 14.7 Å². The summed E-state index contributed by atoms with van der Waals surface area (Å²) in [6, 6.07) is 12.9. The van der Waals surface area contributed by atoms with Crippen LogP contribution >= 0.6 is 0 Å². The van der Waals surface area contributed by atoms with Gasteiger partial charge in [0.2, 0.25) is 5.91 Å². The van der Waals surface area contributed by atoms with E-state index in [0.717, 1.165) is 11.1 Å². The number of hydrogen-bond acceptors (Lipinski definition) is 5. The number of H-pyrrole nitrogens is 1. The first kappa shape index (κ1) is 18.7. The number of fused-ring (bicyclic) bond motifs is 1. The van der Waals surface area contributed by atoms with Crippen LogP contribution in [-0.4, -0.2) is 36.1 Å². The second kappa shape index (κ2) is 7.43. The molecule has 148 valence electrons. The molecule has 1 aromatic heterocycles. The molecule has 7 heteroatoms. The number of hydrogen-bond donors (Lipinski definition) is 2. The van der Waals surface area contributed by atoms with Crippen molar-refractivity contribution in [2.24, 2.45) is 0 Å². The number of rotatable bonds is 5. The Kier molecular flexibility index (Phi) is 4.80. The number of carbonyl (C=O) groups is 2. The van der Waals surface area contributed by atoms with E-state index < -0.39 is 5.92 Å². The van der Waals surface area contributed by atoms with Gasteiger partial charge in [0, 0.05) is 23.1 Å². The van der Waals surface area contributed by atoms with E-state index in [0.29, 0.717) is 34.1 Å². The maximum Gasteiger partial charge on any atom is 0.226 e. The van der Waals surface area contributed by atoms with Crippen molar-refractivity contribution < 1.29 is 19.1 Å². The molecule has 0 saturated heterocycles. The molecule has 1 aliphatic rings. The maximum absolute atomic E-state index is 13.4. The number of anilines is 1. The van der Waals surface area contributed by atoms with Gasteiger partial charge in [-0.15, -0.1) is 0 Å². The Bertz CT molecular complexity index is 1100. The Morgan fingerprint density at radius 1 is 1.10 bits per heavy atom. The number of carbonyl (C=O) groups excluding carboxylic acids is 2. The van der Waals surface area contributed by atoms with Crippen molar-refractivity contribution in [3.8, 4) is 22.8 Å². The summed E-state index contributed by atoms with van der Waals surface area (Å²) in [4.78, 5) is 25.6. The highest BCUT2D eigenvalue weighted by Crippen LogP contribution is 2.41. The fourth-order valence-electron chi connectivity index (χ4n) is 3.73. The lowest BCUT2D eigenvalue weighted by Crippen LogP contribution is -2.27. The molecule has 3 aromatic rings. The van der Waals surface area contributed by atoms with Crippen LogP contribution in [0.2, 0.25) is 0 Å². The van der Waals surface area contributed by atoms with Crippen LogP contribution in [0.15, 0.2) is 42.5 Å². The van der Waals surface area contributed by atoms with Gasteiger partial charge in [0.1, 0.15) is 0 Å². The summed E-state index contributed by atoms with van der Waals surface area (Å²) >= 11 is 0. The molecule has 0 aliphatic carbocycles. The zero-order valence-electron chi connectivity index (χ0n) is 16.4. The molecule has 0 bridgehead atoms. The summed E-state index contributed by atoms with van der Waals surface area (Å²) in [6.07, 6.45) is 0.0694. The molecule has 2 aromatic carbocycles. The van der Waals surface area contributed by atoms with Crippen LogP contribution in [0.3, 0.4) is 0 Å². The Morgan fingerprint density at radius 2 is 1.86 bits per heavy atom. The number of nitrogens with zero attached hydrogens (tertiary/aromatic N) is 1. The minimum absolute atomic E-state index is 0.0694. The normalized spacial score (nSPS) is 15.4. The molecule has 1 amide bonds. The molecule has 0 fully saturated rings. The maximum atomic E-state index is 13.4. The van der Waals surface area contributed by atoms with Crippen LogP contribution in [0.1, 0.15) is 33.8 Å². The number of benzene rings is 2. The van der Waals surface area contributed by atoms with E-state index in [2.05, 4.69) is 15.5 Å². The molecule has 29 heavy (non-hydrogen) atoms. The van der Waals surface area contributed by atoms with Crippen molar-refractivity contribution in [1.82, 2.24) is 10.2 Å². The van der Waals surface area contributed by atoms with E-state index in [1.54, 1.807) is 26.4 Å². The van der Waals surface area contributed by atoms with E-state index >= 15 is 0 Å². The fourth-order valence-corrected chi connectivity index (χ4v) is 3.73. The van der Waals surface area contributed by atoms with Crippen molar-refractivity contribution >= 4 is 17.5 Å². The van der Waals surface area contributed by atoms with E-state index in [1.165, 1.54) is 0 Å². The summed E-state index contributed by atoms with van der Waals surface area (Å²) in [5, 5.41) is 9.99. The first-order valence-corrected chi connectivity index (χ1v) is 9.23. The predicted molar refractivity (Wildman–Crippen MR) is 109 cm³/mol. The Balaban J connectivity index is 1.83. The number of Topliss-reactive ketones (excluding diaryl/α,β-unsaturated/α-hetero) is 1. The zero-order chi connectivity index (χ0) is 20.5. The van der Waals surface area contributed by atoms with Crippen molar-refractivity contribution in [3.05, 3.63) is 59.2 Å². The number of aromatic amines is 1. The first-order valence-electron chi connectivity index (χ1n) is 9.23. The van der Waals surface area contributed by atoms with Gasteiger partial charge in [0.25, 0.3) is 0 Å². The van der Waals surface area contributed by atoms with E-state index in [9.17, 15) is 9.59 Å². The quantitative estimate of drug-likeness (QED) is 0.647. The van der Waals surface area contributed by atoms with Gasteiger partial charge in [0.05, 0.1) is 25.8 Å². The van der Waals surface area contributed by atoms with Gasteiger partial charge in [-0.25, -0.2) is 0 Å².